The minimum atomic E-state index is -0.401. The number of nitrogens with zero attached hydrogens (tertiary/aromatic N) is 3. The van der Waals surface area contributed by atoms with Crippen molar-refractivity contribution in [2.24, 2.45) is 18.9 Å². The van der Waals surface area contributed by atoms with Crippen LogP contribution in [0.15, 0.2) is 12.4 Å². The third-order valence-electron chi connectivity index (χ3n) is 5.53. The molecule has 2 heterocycles. The molecule has 0 aromatic carbocycles. The second-order valence-corrected chi connectivity index (χ2v) is 6.96. The maximum Gasteiger partial charge on any atom is 0.137 e. The molecule has 4 nitrogen and oxygen atoms in total. The maximum atomic E-state index is 10.5. The van der Waals surface area contributed by atoms with E-state index in [1.165, 1.54) is 38.6 Å². The minimum absolute atomic E-state index is 0.369. The van der Waals surface area contributed by atoms with Gasteiger partial charge in [0.25, 0.3) is 0 Å². The molecule has 1 aliphatic carbocycles. The Morgan fingerprint density at radius 1 is 1.24 bits per heavy atom. The average Bonchev–Trinajstić information content (AvgIpc) is 3.16. The second-order valence-electron chi connectivity index (χ2n) is 6.96. The van der Waals surface area contributed by atoms with Crippen molar-refractivity contribution in [2.75, 3.05) is 19.6 Å². The van der Waals surface area contributed by atoms with E-state index in [9.17, 15) is 5.11 Å². The molecule has 1 N–H and O–H groups in total. The van der Waals surface area contributed by atoms with Crippen LogP contribution in [0.25, 0.3) is 0 Å². The van der Waals surface area contributed by atoms with Crippen molar-refractivity contribution in [1.29, 1.82) is 0 Å². The van der Waals surface area contributed by atoms with Gasteiger partial charge in [-0.3, -0.25) is 0 Å². The first-order chi connectivity index (χ1) is 10.2. The van der Waals surface area contributed by atoms with Crippen molar-refractivity contribution < 1.29 is 5.11 Å². The molecule has 2 fully saturated rings. The monoisotopic (exact) mass is 291 g/mol. The van der Waals surface area contributed by atoms with Gasteiger partial charge < -0.3 is 14.6 Å². The normalized spacial score (nSPS) is 23.7. The second kappa shape index (κ2) is 6.93. The first-order valence-corrected chi connectivity index (χ1v) is 8.61. The molecule has 0 amide bonds. The highest BCUT2D eigenvalue weighted by Crippen LogP contribution is 2.31. The topological polar surface area (TPSA) is 41.3 Å². The van der Waals surface area contributed by atoms with E-state index >= 15 is 0 Å². The van der Waals surface area contributed by atoms with Crippen LogP contribution in [0.2, 0.25) is 0 Å². The van der Waals surface area contributed by atoms with Crippen LogP contribution in [-0.2, 0) is 7.05 Å². The molecule has 0 radical (unpaired) electrons. The molecule has 1 aliphatic heterocycles. The van der Waals surface area contributed by atoms with Gasteiger partial charge >= 0.3 is 0 Å². The fourth-order valence-electron chi connectivity index (χ4n) is 4.03. The Labute approximate surface area is 128 Å². The molecule has 1 unspecified atom stereocenters. The Balaban J connectivity index is 1.43. The third-order valence-corrected chi connectivity index (χ3v) is 5.53. The Hall–Kier alpha value is -0.870. The SMILES string of the molecule is Cn1ccnc1C(O)C1CCN(CCC2CCCC2)CC1. The number of rotatable bonds is 5. The minimum Gasteiger partial charge on any atom is -0.385 e. The molecule has 1 aromatic rings. The van der Waals surface area contributed by atoms with Crippen LogP contribution in [0, 0.1) is 11.8 Å². The standard InChI is InChI=1S/C17H29N3O/c1-19-13-9-18-17(19)16(21)15-7-11-20(12-8-15)10-6-14-4-2-3-5-14/h9,13-16,21H,2-8,10-12H2,1H3. The lowest BCUT2D eigenvalue weighted by Gasteiger charge is -2.34. The summed E-state index contributed by atoms with van der Waals surface area (Å²) in [5.41, 5.74) is 0. The fourth-order valence-corrected chi connectivity index (χ4v) is 4.03. The number of aliphatic hydroxyl groups excluding tert-OH is 1. The van der Waals surface area contributed by atoms with E-state index in [0.717, 1.165) is 37.7 Å². The van der Waals surface area contributed by atoms with Crippen LogP contribution < -0.4 is 0 Å². The first kappa shape index (κ1) is 15.0. The van der Waals surface area contributed by atoms with Crippen LogP contribution >= 0.6 is 0 Å². The van der Waals surface area contributed by atoms with Gasteiger partial charge in [0, 0.05) is 19.4 Å². The van der Waals surface area contributed by atoms with Gasteiger partial charge in [-0.25, -0.2) is 4.98 Å². The highest BCUT2D eigenvalue weighted by Gasteiger charge is 2.28. The Bertz CT molecular complexity index is 431. The number of hydrogen-bond acceptors (Lipinski definition) is 3. The molecule has 1 saturated heterocycles. The molecule has 1 saturated carbocycles. The predicted octanol–water partition coefficient (Wildman–Crippen LogP) is 2.75. The average molecular weight is 291 g/mol. The van der Waals surface area contributed by atoms with E-state index in [1.54, 1.807) is 6.20 Å². The number of likely N-dealkylation sites (tertiary alicyclic amines) is 1. The molecule has 21 heavy (non-hydrogen) atoms. The summed E-state index contributed by atoms with van der Waals surface area (Å²) in [4.78, 5) is 6.90. The van der Waals surface area contributed by atoms with E-state index in [2.05, 4.69) is 9.88 Å². The van der Waals surface area contributed by atoms with Gasteiger partial charge in [-0.05, 0) is 50.7 Å². The van der Waals surface area contributed by atoms with E-state index in [0.29, 0.717) is 5.92 Å². The molecule has 4 heteroatoms. The highest BCUT2D eigenvalue weighted by molar-refractivity contribution is 4.98. The lowest BCUT2D eigenvalue weighted by atomic mass is 9.90. The number of piperidine rings is 1. The molecular formula is C17H29N3O. The molecular weight excluding hydrogens is 262 g/mol. The van der Waals surface area contributed by atoms with E-state index in [1.807, 2.05) is 17.8 Å². The van der Waals surface area contributed by atoms with Crippen LogP contribution in [0.4, 0.5) is 0 Å². The number of imidazole rings is 1. The van der Waals surface area contributed by atoms with E-state index < -0.39 is 6.10 Å². The summed E-state index contributed by atoms with van der Waals surface area (Å²) in [5.74, 6) is 2.18. The smallest absolute Gasteiger partial charge is 0.137 e. The first-order valence-electron chi connectivity index (χ1n) is 8.61. The van der Waals surface area contributed by atoms with Crippen molar-refractivity contribution in [3.05, 3.63) is 18.2 Å². The summed E-state index contributed by atoms with van der Waals surface area (Å²) in [6.07, 6.45) is 12.7. The molecule has 3 rings (SSSR count). The fraction of sp³-hybridized carbons (Fsp3) is 0.824. The van der Waals surface area contributed by atoms with Gasteiger partial charge in [-0.2, -0.15) is 0 Å². The summed E-state index contributed by atoms with van der Waals surface area (Å²) in [5, 5.41) is 10.5. The molecule has 1 aromatic heterocycles. The quantitative estimate of drug-likeness (QED) is 0.907. The number of aliphatic hydroxyl groups is 1. The zero-order valence-electron chi connectivity index (χ0n) is 13.2. The van der Waals surface area contributed by atoms with Crippen LogP contribution in [0.5, 0.6) is 0 Å². The van der Waals surface area contributed by atoms with Crippen LogP contribution in [0.1, 0.15) is 56.9 Å². The Morgan fingerprint density at radius 3 is 2.57 bits per heavy atom. The van der Waals surface area contributed by atoms with Crippen molar-refractivity contribution in [3.63, 3.8) is 0 Å². The molecule has 1 atom stereocenters. The molecule has 2 aliphatic rings. The van der Waals surface area contributed by atoms with Crippen molar-refractivity contribution in [2.45, 2.75) is 51.0 Å². The van der Waals surface area contributed by atoms with Crippen molar-refractivity contribution in [3.8, 4) is 0 Å². The summed E-state index contributed by atoms with van der Waals surface area (Å²) in [7, 11) is 1.96. The summed E-state index contributed by atoms with van der Waals surface area (Å²) < 4.78 is 1.94. The van der Waals surface area contributed by atoms with Gasteiger partial charge in [0.2, 0.25) is 0 Å². The van der Waals surface area contributed by atoms with Gasteiger partial charge in [0.15, 0.2) is 0 Å². The lowest BCUT2D eigenvalue weighted by Crippen LogP contribution is -2.37. The van der Waals surface area contributed by atoms with Crippen LogP contribution in [0.3, 0.4) is 0 Å². The Morgan fingerprint density at radius 2 is 1.95 bits per heavy atom. The number of aryl methyl sites for hydroxylation is 1. The maximum absolute atomic E-state index is 10.5. The van der Waals surface area contributed by atoms with Gasteiger partial charge in [0.1, 0.15) is 11.9 Å². The number of hydrogen-bond donors (Lipinski definition) is 1. The molecule has 0 spiro atoms. The van der Waals surface area contributed by atoms with Crippen molar-refractivity contribution >= 4 is 0 Å². The summed E-state index contributed by atoms with van der Waals surface area (Å²) in [6, 6.07) is 0. The third kappa shape index (κ3) is 3.67. The van der Waals surface area contributed by atoms with E-state index in [4.69, 9.17) is 0 Å². The van der Waals surface area contributed by atoms with Crippen LogP contribution in [-0.4, -0.2) is 39.2 Å². The van der Waals surface area contributed by atoms with Gasteiger partial charge in [-0.1, -0.05) is 25.7 Å². The largest absolute Gasteiger partial charge is 0.385 e. The predicted molar refractivity (Wildman–Crippen MR) is 83.9 cm³/mol. The molecule has 0 bridgehead atoms. The summed E-state index contributed by atoms with van der Waals surface area (Å²) >= 11 is 0. The van der Waals surface area contributed by atoms with Gasteiger partial charge in [-0.15, -0.1) is 0 Å². The number of aromatic nitrogens is 2. The summed E-state index contributed by atoms with van der Waals surface area (Å²) in [6.45, 7) is 3.54. The lowest BCUT2D eigenvalue weighted by molar-refractivity contribution is 0.0498. The highest BCUT2D eigenvalue weighted by atomic mass is 16.3. The zero-order valence-corrected chi connectivity index (χ0v) is 13.2. The van der Waals surface area contributed by atoms with Gasteiger partial charge in [0.05, 0.1) is 0 Å². The Kier molecular flexibility index (Phi) is 4.96. The zero-order chi connectivity index (χ0) is 14.7. The molecule has 118 valence electrons. The van der Waals surface area contributed by atoms with Crippen molar-refractivity contribution in [1.82, 2.24) is 14.5 Å². The van der Waals surface area contributed by atoms with E-state index in [-0.39, 0.29) is 0 Å².